The summed E-state index contributed by atoms with van der Waals surface area (Å²) in [5.74, 6) is 0.986. The summed E-state index contributed by atoms with van der Waals surface area (Å²) in [6, 6.07) is 10.6. The largest absolute Gasteiger partial charge is 0.353 e. The van der Waals surface area contributed by atoms with Gasteiger partial charge in [-0.3, -0.25) is 4.79 Å². The number of carbonyl (C=O) groups is 1. The minimum absolute atomic E-state index is 0.114. The first-order valence-corrected chi connectivity index (χ1v) is 12.4. The molecule has 0 atom stereocenters. The average Bonchev–Trinajstić information content (AvgIpc) is 2.79. The normalized spacial score (nSPS) is 14.8. The molecule has 2 heterocycles. The Hall–Kier alpha value is -2.16. The van der Waals surface area contributed by atoms with Gasteiger partial charge in [-0.05, 0) is 36.2 Å². The van der Waals surface area contributed by atoms with Crippen LogP contribution in [0.4, 0.5) is 5.82 Å². The van der Waals surface area contributed by atoms with Crippen molar-refractivity contribution in [2.24, 2.45) is 0 Å². The zero-order chi connectivity index (χ0) is 22.4. The van der Waals surface area contributed by atoms with E-state index in [-0.39, 0.29) is 5.91 Å². The van der Waals surface area contributed by atoms with Gasteiger partial charge in [0.15, 0.2) is 0 Å². The van der Waals surface area contributed by atoms with Crippen LogP contribution in [0.3, 0.4) is 0 Å². The number of piperazine rings is 1. The average molecular weight is 465 g/mol. The highest BCUT2D eigenvalue weighted by molar-refractivity contribution is 7.89. The van der Waals surface area contributed by atoms with E-state index in [0.29, 0.717) is 48.9 Å². The molecule has 0 N–H and O–H groups in total. The van der Waals surface area contributed by atoms with Crippen LogP contribution in [0, 0.1) is 0 Å². The first kappa shape index (κ1) is 23.5. The van der Waals surface area contributed by atoms with Crippen LogP contribution in [0.1, 0.15) is 25.8 Å². The minimum Gasteiger partial charge on any atom is -0.353 e. The maximum absolute atomic E-state index is 12.6. The van der Waals surface area contributed by atoms with Gasteiger partial charge in [-0.25, -0.2) is 13.4 Å². The molecule has 1 aliphatic heterocycles. The summed E-state index contributed by atoms with van der Waals surface area (Å²) in [6.07, 6.45) is 2.62. The summed E-state index contributed by atoms with van der Waals surface area (Å²) in [5, 5.41) is 0.608. The predicted molar refractivity (Wildman–Crippen MR) is 123 cm³/mol. The molecule has 9 heteroatoms. The van der Waals surface area contributed by atoms with Crippen LogP contribution < -0.4 is 4.90 Å². The molecule has 0 unspecified atom stereocenters. The molecule has 2 aromatic rings. The predicted octanol–water partition coefficient (Wildman–Crippen LogP) is 3.05. The smallest absolute Gasteiger partial charge is 0.243 e. The minimum atomic E-state index is -3.46. The van der Waals surface area contributed by atoms with Crippen LogP contribution in [0.15, 0.2) is 47.5 Å². The van der Waals surface area contributed by atoms with E-state index >= 15 is 0 Å². The molecule has 0 saturated carbocycles. The van der Waals surface area contributed by atoms with E-state index < -0.39 is 10.0 Å². The molecule has 0 bridgehead atoms. The molecule has 168 valence electrons. The Bertz CT molecular complexity index is 969. The lowest BCUT2D eigenvalue weighted by Gasteiger charge is -2.35. The number of nitrogens with zero attached hydrogens (tertiary/aromatic N) is 4. The third-order valence-corrected chi connectivity index (χ3v) is 7.85. The van der Waals surface area contributed by atoms with Gasteiger partial charge < -0.3 is 9.80 Å². The number of benzene rings is 1. The molecule has 31 heavy (non-hydrogen) atoms. The van der Waals surface area contributed by atoms with Crippen molar-refractivity contribution >= 4 is 33.3 Å². The van der Waals surface area contributed by atoms with E-state index in [9.17, 15) is 13.2 Å². The molecule has 0 spiro atoms. The topological polar surface area (TPSA) is 73.8 Å². The number of amides is 1. The Morgan fingerprint density at radius 2 is 1.68 bits per heavy atom. The fraction of sp³-hybridized carbons (Fsp3) is 0.455. The highest BCUT2D eigenvalue weighted by Gasteiger charge is 2.23. The number of pyridine rings is 1. The van der Waals surface area contributed by atoms with Crippen LogP contribution in [-0.2, 0) is 21.2 Å². The van der Waals surface area contributed by atoms with Crippen LogP contribution in [0.2, 0.25) is 5.02 Å². The molecule has 1 aromatic carbocycles. The maximum Gasteiger partial charge on any atom is 0.243 e. The first-order valence-electron chi connectivity index (χ1n) is 10.6. The second-order valence-corrected chi connectivity index (χ2v) is 9.81. The van der Waals surface area contributed by atoms with Gasteiger partial charge >= 0.3 is 0 Å². The Morgan fingerprint density at radius 1 is 1.03 bits per heavy atom. The van der Waals surface area contributed by atoms with Crippen molar-refractivity contribution in [3.63, 3.8) is 0 Å². The molecule has 7 nitrogen and oxygen atoms in total. The third kappa shape index (κ3) is 5.75. The van der Waals surface area contributed by atoms with Crippen LogP contribution >= 0.6 is 11.6 Å². The van der Waals surface area contributed by atoms with E-state index in [1.165, 1.54) is 4.31 Å². The highest BCUT2D eigenvalue weighted by Crippen LogP contribution is 2.19. The van der Waals surface area contributed by atoms with Gasteiger partial charge in [0.2, 0.25) is 15.9 Å². The van der Waals surface area contributed by atoms with Crippen molar-refractivity contribution in [3.8, 4) is 0 Å². The van der Waals surface area contributed by atoms with Crippen molar-refractivity contribution in [2.75, 3.05) is 44.2 Å². The van der Waals surface area contributed by atoms with Gasteiger partial charge in [-0.1, -0.05) is 37.6 Å². The van der Waals surface area contributed by atoms with E-state index in [1.807, 2.05) is 30.9 Å². The number of halogens is 1. The number of aromatic nitrogens is 1. The molecular formula is C22H29ClN4O3S. The van der Waals surface area contributed by atoms with E-state index in [2.05, 4.69) is 9.88 Å². The Labute approximate surface area is 189 Å². The quantitative estimate of drug-likeness (QED) is 0.600. The summed E-state index contributed by atoms with van der Waals surface area (Å²) in [7, 11) is -3.46. The van der Waals surface area contributed by atoms with E-state index in [0.717, 1.165) is 24.5 Å². The lowest BCUT2D eigenvalue weighted by molar-refractivity contribution is -0.131. The zero-order valence-corrected chi connectivity index (χ0v) is 19.6. The summed E-state index contributed by atoms with van der Waals surface area (Å²) >= 11 is 5.89. The number of carbonyl (C=O) groups excluding carboxylic acids is 1. The standard InChI is InChI=1S/C22H29ClN4O3S/c1-3-27(4-2)31(29,30)20-9-5-18(6-10-20)7-12-22(28)26-15-13-25(14-16-26)21-11-8-19(23)17-24-21/h5-6,8-11,17H,3-4,7,12-16H2,1-2H3. The lowest BCUT2D eigenvalue weighted by atomic mass is 10.1. The van der Waals surface area contributed by atoms with Gasteiger partial charge in [-0.15, -0.1) is 0 Å². The highest BCUT2D eigenvalue weighted by atomic mass is 35.5. The zero-order valence-electron chi connectivity index (χ0n) is 18.0. The SMILES string of the molecule is CCN(CC)S(=O)(=O)c1ccc(CCC(=O)N2CCN(c3ccc(Cl)cn3)CC2)cc1. The van der Waals surface area contributed by atoms with Crippen molar-refractivity contribution in [2.45, 2.75) is 31.6 Å². The van der Waals surface area contributed by atoms with Crippen LogP contribution in [0.25, 0.3) is 0 Å². The number of anilines is 1. The fourth-order valence-electron chi connectivity index (χ4n) is 3.69. The molecule has 1 fully saturated rings. The van der Waals surface area contributed by atoms with Crippen molar-refractivity contribution < 1.29 is 13.2 Å². The van der Waals surface area contributed by atoms with Crippen molar-refractivity contribution in [1.29, 1.82) is 0 Å². The monoisotopic (exact) mass is 464 g/mol. The molecule has 0 aliphatic carbocycles. The van der Waals surface area contributed by atoms with Gasteiger partial charge in [0.1, 0.15) is 5.82 Å². The Morgan fingerprint density at radius 3 is 2.23 bits per heavy atom. The third-order valence-electron chi connectivity index (χ3n) is 5.56. The summed E-state index contributed by atoms with van der Waals surface area (Å²) in [4.78, 5) is 21.3. The first-order chi connectivity index (χ1) is 14.8. The number of rotatable bonds is 8. The number of hydrogen-bond acceptors (Lipinski definition) is 5. The van der Waals surface area contributed by atoms with Crippen molar-refractivity contribution in [3.05, 3.63) is 53.2 Å². The number of aryl methyl sites for hydroxylation is 1. The van der Waals surface area contributed by atoms with Crippen LogP contribution in [0.5, 0.6) is 0 Å². The number of sulfonamides is 1. The summed E-state index contributed by atoms with van der Waals surface area (Å²) in [5.41, 5.74) is 0.954. The van der Waals surface area contributed by atoms with E-state index in [1.54, 1.807) is 30.5 Å². The Balaban J connectivity index is 1.50. The van der Waals surface area contributed by atoms with Gasteiger partial charge in [0.05, 0.1) is 9.92 Å². The molecule has 1 saturated heterocycles. The summed E-state index contributed by atoms with van der Waals surface area (Å²) in [6.45, 7) is 7.32. The molecule has 0 radical (unpaired) electrons. The van der Waals surface area contributed by atoms with Gasteiger partial charge in [-0.2, -0.15) is 4.31 Å². The van der Waals surface area contributed by atoms with Crippen molar-refractivity contribution in [1.82, 2.24) is 14.2 Å². The molecule has 1 amide bonds. The number of hydrogen-bond donors (Lipinski definition) is 0. The second-order valence-electron chi connectivity index (χ2n) is 7.44. The lowest BCUT2D eigenvalue weighted by Crippen LogP contribution is -2.49. The van der Waals surface area contributed by atoms with E-state index in [4.69, 9.17) is 11.6 Å². The molecule has 1 aliphatic rings. The Kier molecular flexibility index (Phi) is 7.91. The molecule has 3 rings (SSSR count). The second kappa shape index (κ2) is 10.4. The van der Waals surface area contributed by atoms with Crippen LogP contribution in [-0.4, -0.2) is 67.8 Å². The van der Waals surface area contributed by atoms with Gasteiger partial charge in [0.25, 0.3) is 0 Å². The summed E-state index contributed by atoms with van der Waals surface area (Å²) < 4.78 is 26.6. The molecule has 1 aromatic heterocycles. The molecular weight excluding hydrogens is 436 g/mol. The van der Waals surface area contributed by atoms with Gasteiger partial charge in [0, 0.05) is 51.9 Å². The maximum atomic E-state index is 12.6. The fourth-order valence-corrected chi connectivity index (χ4v) is 5.26.